The normalized spacial score (nSPS) is 9.96. The summed E-state index contributed by atoms with van der Waals surface area (Å²) in [5, 5.41) is 20.2. The van der Waals surface area contributed by atoms with Crippen LogP contribution in [-0.2, 0) is 0 Å². The van der Waals surface area contributed by atoms with Crippen molar-refractivity contribution in [2.45, 2.75) is 0 Å². The van der Waals surface area contributed by atoms with Crippen molar-refractivity contribution in [1.82, 2.24) is 9.97 Å². The van der Waals surface area contributed by atoms with Gasteiger partial charge in [-0.05, 0) is 24.3 Å². The second-order valence-corrected chi connectivity index (χ2v) is 4.97. The molecular formula is C17H11N5O4. The first kappa shape index (κ1) is 16.7. The summed E-state index contributed by atoms with van der Waals surface area (Å²) in [5.74, 6) is 0.317. The number of anilines is 1. The molecule has 2 aromatic carbocycles. The molecule has 1 aromatic heterocycles. The molecule has 9 heteroatoms. The molecule has 0 bridgehead atoms. The zero-order valence-electron chi connectivity index (χ0n) is 13.2. The number of nitrogen functional groups attached to an aromatic ring is 1. The number of nitro groups is 1. The molecule has 3 aromatic rings. The van der Waals surface area contributed by atoms with E-state index in [0.29, 0.717) is 5.75 Å². The Labute approximate surface area is 147 Å². The molecule has 0 unspecified atom stereocenters. The third kappa shape index (κ3) is 3.65. The van der Waals surface area contributed by atoms with Crippen molar-refractivity contribution in [3.63, 3.8) is 0 Å². The van der Waals surface area contributed by atoms with Crippen molar-refractivity contribution in [2.24, 2.45) is 0 Å². The van der Waals surface area contributed by atoms with Crippen LogP contribution in [0.2, 0.25) is 0 Å². The van der Waals surface area contributed by atoms with Crippen molar-refractivity contribution in [3.05, 3.63) is 70.4 Å². The summed E-state index contributed by atoms with van der Waals surface area (Å²) in [6, 6.07) is 15.3. The zero-order chi connectivity index (χ0) is 18.5. The van der Waals surface area contributed by atoms with E-state index in [0.717, 1.165) is 6.20 Å². The average molecular weight is 349 g/mol. The van der Waals surface area contributed by atoms with Gasteiger partial charge >= 0.3 is 11.6 Å². The maximum atomic E-state index is 11.1. The van der Waals surface area contributed by atoms with E-state index in [-0.39, 0.29) is 28.9 Å². The number of rotatable bonds is 5. The molecule has 0 saturated heterocycles. The Hall–Kier alpha value is -4.19. The summed E-state index contributed by atoms with van der Waals surface area (Å²) in [6.07, 6.45) is 0.948. The fourth-order valence-electron chi connectivity index (χ4n) is 2.03. The second-order valence-electron chi connectivity index (χ2n) is 4.97. The highest BCUT2D eigenvalue weighted by Crippen LogP contribution is 2.37. The molecule has 0 radical (unpaired) electrons. The van der Waals surface area contributed by atoms with Gasteiger partial charge in [-0.25, -0.2) is 4.98 Å². The van der Waals surface area contributed by atoms with E-state index in [4.69, 9.17) is 20.5 Å². The maximum absolute atomic E-state index is 11.1. The minimum Gasteiger partial charge on any atom is -0.453 e. The lowest BCUT2D eigenvalue weighted by atomic mass is 10.2. The predicted molar refractivity (Wildman–Crippen MR) is 90.8 cm³/mol. The number of benzene rings is 2. The molecule has 0 amide bonds. The van der Waals surface area contributed by atoms with E-state index in [9.17, 15) is 10.1 Å². The lowest BCUT2D eigenvalue weighted by molar-refractivity contribution is -0.386. The molecule has 0 aliphatic carbocycles. The smallest absolute Gasteiger partial charge is 0.349 e. The fraction of sp³-hybridized carbons (Fsp3) is 0. The molecule has 9 nitrogen and oxygen atoms in total. The first-order valence-corrected chi connectivity index (χ1v) is 7.28. The summed E-state index contributed by atoms with van der Waals surface area (Å²) in [7, 11) is 0. The predicted octanol–water partition coefficient (Wildman–Crippen LogP) is 3.42. The van der Waals surface area contributed by atoms with E-state index in [1.54, 1.807) is 24.3 Å². The van der Waals surface area contributed by atoms with Crippen molar-refractivity contribution < 1.29 is 14.4 Å². The highest BCUT2D eigenvalue weighted by atomic mass is 16.6. The first-order chi connectivity index (χ1) is 12.6. The highest BCUT2D eigenvalue weighted by Gasteiger charge is 2.21. The van der Waals surface area contributed by atoms with E-state index in [1.807, 2.05) is 12.1 Å². The summed E-state index contributed by atoms with van der Waals surface area (Å²) in [5.41, 5.74) is 5.31. The maximum Gasteiger partial charge on any atom is 0.349 e. The Kier molecular flexibility index (Phi) is 4.58. The van der Waals surface area contributed by atoms with E-state index in [1.165, 1.54) is 18.2 Å². The number of nitrogens with two attached hydrogens (primary N) is 1. The van der Waals surface area contributed by atoms with E-state index >= 15 is 0 Å². The Bertz CT molecular complexity index is 1000. The molecular weight excluding hydrogens is 338 g/mol. The topological polar surface area (TPSA) is 137 Å². The van der Waals surface area contributed by atoms with Crippen molar-refractivity contribution in [1.29, 1.82) is 5.26 Å². The molecule has 0 aliphatic heterocycles. The Morgan fingerprint density at radius 3 is 2.58 bits per heavy atom. The van der Waals surface area contributed by atoms with Crippen LogP contribution in [0.1, 0.15) is 5.56 Å². The van der Waals surface area contributed by atoms with Gasteiger partial charge in [0.15, 0.2) is 11.5 Å². The number of hydrogen-bond donors (Lipinski definition) is 1. The van der Waals surface area contributed by atoms with Gasteiger partial charge in [-0.15, -0.1) is 0 Å². The minimum absolute atomic E-state index is 0.0779. The Balaban J connectivity index is 2.03. The third-order valence-electron chi connectivity index (χ3n) is 3.20. The standard InChI is InChI=1S/C17H11N5O4/c18-9-11-6-7-14(25-12-4-2-1-3-5-12)15(8-11)26-16-13(22(23)24)10-20-17(19)21-16/h1-8,10H,(H2,19,20,21). The van der Waals surface area contributed by atoms with Crippen LogP contribution in [0.3, 0.4) is 0 Å². The second kappa shape index (κ2) is 7.14. The van der Waals surface area contributed by atoms with Gasteiger partial charge in [-0.2, -0.15) is 10.2 Å². The number of aromatic nitrogens is 2. The summed E-state index contributed by atoms with van der Waals surface area (Å²) in [6.45, 7) is 0. The van der Waals surface area contributed by atoms with E-state index in [2.05, 4.69) is 9.97 Å². The molecule has 0 aliphatic rings. The monoisotopic (exact) mass is 349 g/mol. The number of hydrogen-bond acceptors (Lipinski definition) is 8. The number of nitrogens with zero attached hydrogens (tertiary/aromatic N) is 4. The molecule has 128 valence electrons. The van der Waals surface area contributed by atoms with E-state index < -0.39 is 10.6 Å². The van der Waals surface area contributed by atoms with Gasteiger partial charge < -0.3 is 15.2 Å². The zero-order valence-corrected chi connectivity index (χ0v) is 13.2. The van der Waals surface area contributed by atoms with Gasteiger partial charge in [-0.3, -0.25) is 10.1 Å². The average Bonchev–Trinajstić information content (AvgIpc) is 2.64. The Morgan fingerprint density at radius 1 is 1.12 bits per heavy atom. The molecule has 26 heavy (non-hydrogen) atoms. The summed E-state index contributed by atoms with van der Waals surface area (Å²) < 4.78 is 11.3. The van der Waals surface area contributed by atoms with Crippen LogP contribution in [0, 0.1) is 21.4 Å². The van der Waals surface area contributed by atoms with Crippen LogP contribution in [-0.4, -0.2) is 14.9 Å². The molecule has 0 spiro atoms. The molecule has 2 N–H and O–H groups in total. The molecule has 1 heterocycles. The van der Waals surface area contributed by atoms with Crippen LogP contribution in [0.5, 0.6) is 23.1 Å². The van der Waals surface area contributed by atoms with Crippen LogP contribution in [0.15, 0.2) is 54.7 Å². The highest BCUT2D eigenvalue weighted by molar-refractivity contribution is 5.52. The SMILES string of the molecule is N#Cc1ccc(Oc2ccccc2)c(Oc2nc(N)ncc2[N+](=O)[O-])c1. The number of nitriles is 1. The van der Waals surface area contributed by atoms with Gasteiger partial charge in [0.1, 0.15) is 11.9 Å². The summed E-state index contributed by atoms with van der Waals surface area (Å²) >= 11 is 0. The molecule has 0 atom stereocenters. The van der Waals surface area contributed by atoms with Gasteiger partial charge in [0.25, 0.3) is 0 Å². The fourth-order valence-corrected chi connectivity index (χ4v) is 2.03. The van der Waals surface area contributed by atoms with Crippen LogP contribution in [0.4, 0.5) is 11.6 Å². The van der Waals surface area contributed by atoms with Crippen LogP contribution < -0.4 is 15.2 Å². The lowest BCUT2D eigenvalue weighted by Crippen LogP contribution is -2.02. The summed E-state index contributed by atoms with van der Waals surface area (Å²) in [4.78, 5) is 17.8. The largest absolute Gasteiger partial charge is 0.453 e. The minimum atomic E-state index is -0.694. The number of para-hydroxylation sites is 1. The van der Waals surface area contributed by atoms with Crippen molar-refractivity contribution in [3.8, 4) is 29.2 Å². The molecule has 3 rings (SSSR count). The Morgan fingerprint density at radius 2 is 1.88 bits per heavy atom. The van der Waals surface area contributed by atoms with Gasteiger partial charge in [0, 0.05) is 6.07 Å². The number of ether oxygens (including phenoxy) is 2. The van der Waals surface area contributed by atoms with Crippen LogP contribution in [0.25, 0.3) is 0 Å². The molecule has 0 saturated carbocycles. The van der Waals surface area contributed by atoms with Crippen molar-refractivity contribution in [2.75, 3.05) is 5.73 Å². The van der Waals surface area contributed by atoms with Gasteiger partial charge in [0.05, 0.1) is 16.6 Å². The lowest BCUT2D eigenvalue weighted by Gasteiger charge is -2.12. The quantitative estimate of drug-likeness (QED) is 0.546. The van der Waals surface area contributed by atoms with Crippen molar-refractivity contribution >= 4 is 11.6 Å². The first-order valence-electron chi connectivity index (χ1n) is 7.28. The third-order valence-corrected chi connectivity index (χ3v) is 3.20. The van der Waals surface area contributed by atoms with Gasteiger partial charge in [0.2, 0.25) is 5.95 Å². The van der Waals surface area contributed by atoms with Crippen LogP contribution >= 0.6 is 0 Å². The van der Waals surface area contributed by atoms with Gasteiger partial charge in [-0.1, -0.05) is 18.2 Å². The molecule has 0 fully saturated rings.